The first-order chi connectivity index (χ1) is 11.6. The Morgan fingerprint density at radius 1 is 1.21 bits per heavy atom. The number of nitrogens with zero attached hydrogens (tertiary/aromatic N) is 1. The molecule has 3 nitrogen and oxygen atoms in total. The van der Waals surface area contributed by atoms with E-state index in [1.54, 1.807) is 12.1 Å². The largest absolute Gasteiger partial charge is 0.485 e. The minimum atomic E-state index is -0.650. The molecule has 0 radical (unpaired) electrons. The van der Waals surface area contributed by atoms with Crippen molar-refractivity contribution in [1.29, 1.82) is 0 Å². The molecular weight excluding hydrogens is 373 g/mol. The van der Waals surface area contributed by atoms with Crippen LogP contribution < -0.4 is 4.74 Å². The van der Waals surface area contributed by atoms with Crippen molar-refractivity contribution in [2.45, 2.75) is 37.8 Å². The SMILES string of the molecule is O=C=NC1(c2cc(F)c(OCc3ccccc3)c(Br)c2)CCCC1. The van der Waals surface area contributed by atoms with E-state index in [0.717, 1.165) is 31.2 Å². The number of hydrogen-bond acceptors (Lipinski definition) is 3. The summed E-state index contributed by atoms with van der Waals surface area (Å²) < 4.78 is 20.7. The van der Waals surface area contributed by atoms with Crippen LogP contribution in [-0.2, 0) is 16.9 Å². The van der Waals surface area contributed by atoms with Crippen molar-refractivity contribution < 1.29 is 13.9 Å². The average Bonchev–Trinajstić information content (AvgIpc) is 3.05. The summed E-state index contributed by atoms with van der Waals surface area (Å²) in [6.45, 7) is 0.285. The number of carbonyl (C=O) groups excluding carboxylic acids is 1. The Bertz CT molecular complexity index is 743. The average molecular weight is 390 g/mol. The van der Waals surface area contributed by atoms with Gasteiger partial charge in [-0.25, -0.2) is 9.18 Å². The highest BCUT2D eigenvalue weighted by molar-refractivity contribution is 9.10. The maximum atomic E-state index is 14.6. The second-order valence-corrected chi connectivity index (χ2v) is 6.84. The van der Waals surface area contributed by atoms with Crippen LogP contribution in [0.25, 0.3) is 0 Å². The lowest BCUT2D eigenvalue weighted by Gasteiger charge is -2.24. The number of rotatable bonds is 5. The molecule has 0 heterocycles. The van der Waals surface area contributed by atoms with Gasteiger partial charge in [0.05, 0.1) is 10.0 Å². The maximum Gasteiger partial charge on any atom is 0.235 e. The van der Waals surface area contributed by atoms with Crippen molar-refractivity contribution >= 4 is 22.0 Å². The Kier molecular flexibility index (Phi) is 5.12. The van der Waals surface area contributed by atoms with Gasteiger partial charge in [-0.2, -0.15) is 4.99 Å². The van der Waals surface area contributed by atoms with E-state index in [1.165, 1.54) is 6.07 Å². The standard InChI is InChI=1S/C19H17BrFNO2/c20-16-10-15(19(22-13-23)8-4-5-9-19)11-17(21)18(16)24-12-14-6-2-1-3-7-14/h1-3,6-7,10-11H,4-5,8-9,12H2. The van der Waals surface area contributed by atoms with E-state index >= 15 is 0 Å². The first-order valence-corrected chi connectivity index (χ1v) is 8.69. The van der Waals surface area contributed by atoms with Crippen LogP contribution in [0.15, 0.2) is 51.9 Å². The third-order valence-corrected chi connectivity index (χ3v) is 5.04. The van der Waals surface area contributed by atoms with Gasteiger partial charge >= 0.3 is 0 Å². The second-order valence-electron chi connectivity index (χ2n) is 5.99. The summed E-state index contributed by atoms with van der Waals surface area (Å²) in [5.41, 5.74) is 1.01. The van der Waals surface area contributed by atoms with Crippen molar-refractivity contribution in [3.8, 4) is 5.75 Å². The van der Waals surface area contributed by atoms with Crippen molar-refractivity contribution in [3.05, 3.63) is 63.9 Å². The van der Waals surface area contributed by atoms with E-state index < -0.39 is 11.4 Å². The highest BCUT2D eigenvalue weighted by Gasteiger charge is 2.36. The summed E-state index contributed by atoms with van der Waals surface area (Å²) in [7, 11) is 0. The van der Waals surface area contributed by atoms with Crippen molar-refractivity contribution in [1.82, 2.24) is 0 Å². The molecule has 0 N–H and O–H groups in total. The number of ether oxygens (including phenoxy) is 1. The molecule has 0 atom stereocenters. The van der Waals surface area contributed by atoms with Gasteiger partial charge < -0.3 is 4.74 Å². The lowest BCUT2D eigenvalue weighted by atomic mass is 9.89. The second kappa shape index (κ2) is 7.29. The van der Waals surface area contributed by atoms with Crippen LogP contribution in [0.1, 0.15) is 36.8 Å². The van der Waals surface area contributed by atoms with Crippen LogP contribution in [0.5, 0.6) is 5.75 Å². The van der Waals surface area contributed by atoms with Gasteiger partial charge in [-0.1, -0.05) is 43.2 Å². The lowest BCUT2D eigenvalue weighted by Crippen LogP contribution is -2.19. The van der Waals surface area contributed by atoms with E-state index in [-0.39, 0.29) is 12.4 Å². The van der Waals surface area contributed by atoms with Gasteiger partial charge in [0.1, 0.15) is 6.61 Å². The topological polar surface area (TPSA) is 38.7 Å². The molecular formula is C19H17BrFNO2. The van der Waals surface area contributed by atoms with Crippen molar-refractivity contribution in [2.75, 3.05) is 0 Å². The Morgan fingerprint density at radius 2 is 1.92 bits per heavy atom. The summed E-state index contributed by atoms with van der Waals surface area (Å²) in [4.78, 5) is 14.8. The molecule has 0 aliphatic heterocycles. The normalized spacial score (nSPS) is 15.8. The summed E-state index contributed by atoms with van der Waals surface area (Å²) in [6.07, 6.45) is 5.06. The van der Waals surface area contributed by atoms with Gasteiger partial charge in [0.25, 0.3) is 0 Å². The van der Waals surface area contributed by atoms with E-state index in [9.17, 15) is 9.18 Å². The van der Waals surface area contributed by atoms with Crippen LogP contribution in [0, 0.1) is 5.82 Å². The van der Waals surface area contributed by atoms with E-state index in [4.69, 9.17) is 4.74 Å². The van der Waals surface area contributed by atoms with Crippen LogP contribution in [0.4, 0.5) is 4.39 Å². The molecule has 1 aliphatic rings. The molecule has 0 bridgehead atoms. The summed E-state index contributed by atoms with van der Waals surface area (Å²) in [5, 5.41) is 0. The lowest BCUT2D eigenvalue weighted by molar-refractivity contribution is 0.287. The molecule has 124 valence electrons. The Balaban J connectivity index is 1.87. The van der Waals surface area contributed by atoms with E-state index in [2.05, 4.69) is 20.9 Å². The molecule has 0 amide bonds. The first-order valence-electron chi connectivity index (χ1n) is 7.90. The molecule has 5 heteroatoms. The fourth-order valence-electron chi connectivity index (χ4n) is 3.21. The quantitative estimate of drug-likeness (QED) is 0.515. The zero-order valence-corrected chi connectivity index (χ0v) is 14.7. The molecule has 2 aromatic rings. The van der Waals surface area contributed by atoms with Gasteiger partial charge in [0.15, 0.2) is 11.6 Å². The van der Waals surface area contributed by atoms with E-state index in [1.807, 2.05) is 30.3 Å². The molecule has 0 spiro atoms. The third-order valence-electron chi connectivity index (χ3n) is 4.45. The van der Waals surface area contributed by atoms with Crippen LogP contribution >= 0.6 is 15.9 Å². The van der Waals surface area contributed by atoms with Gasteiger partial charge in [0.2, 0.25) is 6.08 Å². The smallest absolute Gasteiger partial charge is 0.235 e. The Hall–Kier alpha value is -1.97. The zero-order chi connectivity index (χ0) is 17.0. The van der Waals surface area contributed by atoms with Gasteiger partial charge in [0, 0.05) is 0 Å². The van der Waals surface area contributed by atoms with Crippen LogP contribution in [0.3, 0.4) is 0 Å². The fourth-order valence-corrected chi connectivity index (χ4v) is 3.76. The number of hydrogen-bond donors (Lipinski definition) is 0. The van der Waals surface area contributed by atoms with Gasteiger partial charge in [-0.3, -0.25) is 0 Å². The summed E-state index contributed by atoms with van der Waals surface area (Å²) in [5.74, 6) is -0.284. The first kappa shape index (κ1) is 16.9. The highest BCUT2D eigenvalue weighted by Crippen LogP contribution is 2.44. The Labute approximate surface area is 148 Å². The van der Waals surface area contributed by atoms with Gasteiger partial charge in [-0.05, 0) is 52.0 Å². The van der Waals surface area contributed by atoms with E-state index in [0.29, 0.717) is 10.0 Å². The molecule has 2 aromatic carbocycles. The molecule has 24 heavy (non-hydrogen) atoms. The molecule has 1 saturated carbocycles. The highest BCUT2D eigenvalue weighted by atomic mass is 79.9. The number of halogens is 2. The summed E-state index contributed by atoms with van der Waals surface area (Å²) in [6, 6.07) is 12.8. The minimum absolute atomic E-state index is 0.172. The predicted molar refractivity (Wildman–Crippen MR) is 93.1 cm³/mol. The fraction of sp³-hybridized carbons (Fsp3) is 0.316. The zero-order valence-electron chi connectivity index (χ0n) is 13.1. The number of benzene rings is 2. The molecule has 3 rings (SSSR count). The number of aliphatic imine (C=N–C) groups is 1. The molecule has 0 aromatic heterocycles. The van der Waals surface area contributed by atoms with Crippen LogP contribution in [-0.4, -0.2) is 6.08 Å². The third kappa shape index (κ3) is 3.42. The maximum absolute atomic E-state index is 14.6. The summed E-state index contributed by atoms with van der Waals surface area (Å²) >= 11 is 3.39. The Morgan fingerprint density at radius 3 is 2.54 bits per heavy atom. The molecule has 1 aliphatic carbocycles. The van der Waals surface area contributed by atoms with Gasteiger partial charge in [-0.15, -0.1) is 0 Å². The monoisotopic (exact) mass is 389 g/mol. The molecule has 0 saturated heterocycles. The van der Waals surface area contributed by atoms with Crippen molar-refractivity contribution in [2.24, 2.45) is 4.99 Å². The number of isocyanates is 1. The van der Waals surface area contributed by atoms with Crippen molar-refractivity contribution in [3.63, 3.8) is 0 Å². The van der Waals surface area contributed by atoms with Crippen LogP contribution in [0.2, 0.25) is 0 Å². The molecule has 1 fully saturated rings. The predicted octanol–water partition coefficient (Wildman–Crippen LogP) is 5.27. The minimum Gasteiger partial charge on any atom is -0.485 e. The molecule has 0 unspecified atom stereocenters.